The SMILES string of the molecule is Clc1nc(-c2cccc(-c3ccccc3)c2)c2oc3c4ccccc4ccc3c2n1.Clc1nc(-c2cccc3c2Sc2ccccc2S3)c2oc3ccccc3c2n1.Clc1nc(-c2ccccc2)c2oc3ccc4ccccc4c3c2n1.Clc1nc(-c2ccccc2)c2sc3ccccc3c2n1.Clc1nc(-c2cccnc2)c2sc3ccccc3c2n1.[2H]c1c([2H])c([2H])c(-c2nc(Cl)nc3c2sc2ccccc23)c([2H])c1[2H]. The van der Waals surface area contributed by atoms with Crippen LogP contribution in [0.1, 0.15) is 6.85 Å². The molecule has 29 rings (SSSR count). The van der Waals surface area contributed by atoms with E-state index in [1.54, 1.807) is 58.6 Å². The predicted molar refractivity (Wildman–Crippen MR) is 588 cm³/mol. The van der Waals surface area contributed by atoms with Gasteiger partial charge in [-0.1, -0.05) is 315 Å². The summed E-state index contributed by atoms with van der Waals surface area (Å²) in [7, 11) is 0. The zero-order valence-corrected chi connectivity index (χ0v) is 82.0. The first-order valence-corrected chi connectivity index (χ1v) is 50.5. The summed E-state index contributed by atoms with van der Waals surface area (Å²) in [5.41, 5.74) is 20.4. The van der Waals surface area contributed by atoms with E-state index in [1.807, 2.05) is 212 Å². The molecule has 1 aliphatic heterocycles. The molecule has 0 N–H and O–H groups in total. The second kappa shape index (κ2) is 38.9. The Morgan fingerprint density at radius 2 is 0.655 bits per heavy atom. The third-order valence-electron chi connectivity index (χ3n) is 23.6. The van der Waals surface area contributed by atoms with Gasteiger partial charge in [0.05, 0.1) is 60.0 Å². The highest BCUT2D eigenvalue weighted by Gasteiger charge is 2.28. The molecule has 27 heteroatoms. The largest absolute Gasteiger partial charge is 0.452 e. The van der Waals surface area contributed by atoms with E-state index in [0.717, 1.165) is 168 Å². The predicted octanol–water partition coefficient (Wildman–Crippen LogP) is 35.6. The maximum absolute atomic E-state index is 8.18. The number of nitrogens with zero attached hydrogens (tertiary/aromatic N) is 13. The van der Waals surface area contributed by atoms with E-state index < -0.39 is 18.1 Å². The van der Waals surface area contributed by atoms with E-state index in [0.29, 0.717) is 43.6 Å². The van der Waals surface area contributed by atoms with E-state index in [2.05, 4.69) is 192 Å². The fraction of sp³-hybridized carbons (Fsp3) is 0. The number of para-hydroxylation sites is 1. The fourth-order valence-electron chi connectivity index (χ4n) is 17.4. The summed E-state index contributed by atoms with van der Waals surface area (Å²) >= 11 is 45.5. The molecule has 0 saturated carbocycles. The minimum absolute atomic E-state index is 0.0298. The van der Waals surface area contributed by atoms with Crippen LogP contribution in [0.25, 0.3) is 227 Å². The highest BCUT2D eigenvalue weighted by Crippen LogP contribution is 2.54. The smallest absolute Gasteiger partial charge is 0.223 e. The molecule has 0 amide bonds. The Kier molecular flexibility index (Phi) is 23.0. The molecule has 0 fully saturated rings. The van der Waals surface area contributed by atoms with Crippen LogP contribution >= 0.6 is 127 Å². The van der Waals surface area contributed by atoms with E-state index in [-0.39, 0.29) is 49.8 Å². The first-order chi connectivity index (χ1) is 71.9. The maximum atomic E-state index is 8.18. The molecule has 0 saturated heterocycles. The number of pyridine rings is 1. The lowest BCUT2D eigenvalue weighted by Crippen LogP contribution is -1.95. The third kappa shape index (κ3) is 17.4. The molecule has 28 aromatic rings. The molecule has 0 bridgehead atoms. The molecule has 0 unspecified atom stereocenters. The van der Waals surface area contributed by atoms with Crippen LogP contribution in [0.5, 0.6) is 0 Å². The second-order valence-electron chi connectivity index (χ2n) is 32.2. The molecular weight excluding hydrogens is 1980 g/mol. The number of thiophene rings is 3. The highest BCUT2D eigenvalue weighted by molar-refractivity contribution is 8.05. The van der Waals surface area contributed by atoms with Gasteiger partial charge in [-0.3, -0.25) is 4.98 Å². The van der Waals surface area contributed by atoms with Gasteiger partial charge in [-0.15, -0.1) is 34.0 Å². The maximum Gasteiger partial charge on any atom is 0.223 e. The van der Waals surface area contributed by atoms with Crippen LogP contribution in [0.2, 0.25) is 31.7 Å². The molecule has 16 nitrogen and oxygen atoms in total. The Morgan fingerprint density at radius 3 is 1.25 bits per heavy atom. The van der Waals surface area contributed by atoms with Gasteiger partial charge in [-0.25, -0.2) is 59.8 Å². The average Bonchev–Trinajstić information content (AvgIpc) is 1.63. The average molecular weight is 2050 g/mol. The highest BCUT2D eigenvalue weighted by atomic mass is 35.5. The minimum Gasteiger partial charge on any atom is -0.452 e. The van der Waals surface area contributed by atoms with Crippen LogP contribution in [0.4, 0.5) is 0 Å². The summed E-state index contributed by atoms with van der Waals surface area (Å²) in [6.45, 7) is 0. The molecule has 0 radical (unpaired) electrons. The van der Waals surface area contributed by atoms with Crippen molar-refractivity contribution in [2.75, 3.05) is 0 Å². The summed E-state index contributed by atoms with van der Waals surface area (Å²) < 4.78 is 64.6. The van der Waals surface area contributed by atoms with Gasteiger partial charge < -0.3 is 13.3 Å². The van der Waals surface area contributed by atoms with E-state index in [4.69, 9.17) is 89.7 Å². The van der Waals surface area contributed by atoms with Crippen LogP contribution in [0, 0.1) is 0 Å². The quantitative estimate of drug-likeness (QED) is 0.136. The van der Waals surface area contributed by atoms with Crippen molar-refractivity contribution in [3.05, 3.63) is 414 Å². The lowest BCUT2D eigenvalue weighted by atomic mass is 10.0. The van der Waals surface area contributed by atoms with Crippen LogP contribution in [-0.2, 0) is 0 Å². The molecule has 0 aliphatic carbocycles. The number of hydrogen-bond acceptors (Lipinski definition) is 21. The topological polar surface area (TPSA) is 207 Å². The molecular formula is C115H63Cl6N13O3S5. The molecule has 0 atom stereocenters. The van der Waals surface area contributed by atoms with Crippen molar-refractivity contribution in [3.63, 3.8) is 0 Å². The Balaban J connectivity index is 0.0000000949. The van der Waals surface area contributed by atoms with Gasteiger partial charge in [0.1, 0.15) is 50.4 Å². The van der Waals surface area contributed by atoms with Crippen molar-refractivity contribution in [1.29, 1.82) is 0 Å². The number of aromatic nitrogens is 13. The third-order valence-corrected chi connectivity index (χ3v) is 30.8. The van der Waals surface area contributed by atoms with E-state index >= 15 is 0 Å². The summed E-state index contributed by atoms with van der Waals surface area (Å²) in [5.74, 6) is 0. The summed E-state index contributed by atoms with van der Waals surface area (Å²) in [6.07, 6.45) is 3.54. The van der Waals surface area contributed by atoms with Crippen LogP contribution in [-0.4, -0.2) is 64.8 Å². The van der Waals surface area contributed by atoms with E-state index in [9.17, 15) is 0 Å². The van der Waals surface area contributed by atoms with E-state index in [1.165, 1.54) is 40.3 Å². The normalized spacial score (nSPS) is 12.2. The fourth-order valence-corrected chi connectivity index (χ4v) is 24.2. The summed E-state index contributed by atoms with van der Waals surface area (Å²) in [6, 6.07) is 112. The lowest BCUT2D eigenvalue weighted by Gasteiger charge is -2.20. The monoisotopic (exact) mass is 2050 g/mol. The zero-order valence-electron chi connectivity index (χ0n) is 78.3. The molecule has 678 valence electrons. The first-order valence-electron chi connectivity index (χ1n) is 46.7. The van der Waals surface area contributed by atoms with Crippen LogP contribution in [0.3, 0.4) is 0 Å². The number of benzene rings is 15. The van der Waals surface area contributed by atoms with Crippen LogP contribution < -0.4 is 0 Å². The summed E-state index contributed by atoms with van der Waals surface area (Å²) in [4.78, 5) is 62.1. The van der Waals surface area contributed by atoms with Crippen molar-refractivity contribution < 1.29 is 20.1 Å². The number of halogens is 6. The lowest BCUT2D eigenvalue weighted by molar-refractivity contribution is 0.666. The van der Waals surface area contributed by atoms with Crippen molar-refractivity contribution in [1.82, 2.24) is 64.8 Å². The number of rotatable bonds is 7. The molecule has 14 heterocycles. The Hall–Kier alpha value is -15.1. The van der Waals surface area contributed by atoms with Gasteiger partial charge in [0.15, 0.2) is 16.7 Å². The molecule has 1 aliphatic rings. The Labute approximate surface area is 865 Å². The van der Waals surface area contributed by atoms with Gasteiger partial charge in [0.25, 0.3) is 0 Å². The van der Waals surface area contributed by atoms with Gasteiger partial charge in [0, 0.05) is 112 Å². The molecule has 142 heavy (non-hydrogen) atoms. The van der Waals surface area contributed by atoms with Crippen molar-refractivity contribution in [2.24, 2.45) is 0 Å². The number of hydrogen-bond donors (Lipinski definition) is 0. The first kappa shape index (κ1) is 83.9. The van der Waals surface area contributed by atoms with Crippen LogP contribution in [0.15, 0.2) is 415 Å². The Morgan fingerprint density at radius 1 is 0.246 bits per heavy atom. The molecule has 13 aromatic heterocycles. The number of furan rings is 3. The van der Waals surface area contributed by atoms with Crippen molar-refractivity contribution in [2.45, 2.75) is 19.6 Å². The molecule has 0 spiro atoms. The standard InChI is InChI=1S/C26H15ClN2O.C22H11ClN2OS2.C20H11ClN2O.2C16H9ClN2S.C15H8ClN3S/c27-26-28-22(19-11-6-10-18(15-19)16-7-2-1-3-8-16)25-23(29-26)21-14-13-17-9-4-5-12-20(17)24(21)30-25;23-22-24-18-12-6-1-2-8-14(12)26-20(18)19(25-22)13-7-5-11-17-21(13)28-16-10-4-3-9-15(16)27-17;21-20-22-17(13-7-2-1-3-8-13)19-18(23-20)16-14-9-5-4-6-12(14)10-11-15(16)24-19;2*17-16-18-13(10-6-2-1-3-7-10)15-14(19-16)11-8-4-5-9-12(11)20-15;16-15-18-12(9-4-3-7-17-8-9)14-13(19-15)10-5-1-2-6-11(10)20-14/h1-15H;1-11H;1-11H;2*1-9H;1-8H/i;;;1D,2D,3D,6D,7D;;. The second-order valence-corrected chi connectivity index (χ2v) is 39.6. The van der Waals surface area contributed by atoms with Crippen molar-refractivity contribution >= 4 is 276 Å². The van der Waals surface area contributed by atoms with Gasteiger partial charge in [-0.05, 0) is 176 Å². The minimum atomic E-state index is -0.438. The number of fused-ring (bicyclic) bond motifs is 24. The Bertz CT molecular complexity index is 9940. The van der Waals surface area contributed by atoms with Gasteiger partial charge in [0.2, 0.25) is 31.7 Å². The van der Waals surface area contributed by atoms with Gasteiger partial charge in [-0.2, -0.15) is 0 Å². The van der Waals surface area contributed by atoms with Gasteiger partial charge >= 0.3 is 0 Å². The zero-order chi connectivity index (χ0) is 99.8. The summed E-state index contributed by atoms with van der Waals surface area (Å²) in [5, 5.41) is 11.6. The van der Waals surface area contributed by atoms with Crippen molar-refractivity contribution in [3.8, 4) is 78.7 Å². The molecule has 15 aromatic carbocycles.